The van der Waals surface area contributed by atoms with E-state index in [1.54, 1.807) is 18.0 Å². The Labute approximate surface area is 91.2 Å². The molecule has 2 atom stereocenters. The predicted molar refractivity (Wildman–Crippen MR) is 59.5 cm³/mol. The first-order chi connectivity index (χ1) is 7.11. The van der Waals surface area contributed by atoms with Gasteiger partial charge in [0.05, 0.1) is 6.61 Å². The van der Waals surface area contributed by atoms with Gasteiger partial charge in [0, 0.05) is 26.2 Å². The molecule has 0 aromatic heterocycles. The van der Waals surface area contributed by atoms with E-state index in [-0.39, 0.29) is 18.6 Å². The van der Waals surface area contributed by atoms with Gasteiger partial charge in [-0.15, -0.1) is 6.58 Å². The number of carbonyl (C=O) groups is 1. The van der Waals surface area contributed by atoms with E-state index in [0.717, 1.165) is 13.0 Å². The van der Waals surface area contributed by atoms with E-state index >= 15 is 0 Å². The summed E-state index contributed by atoms with van der Waals surface area (Å²) in [7, 11) is 1.80. The zero-order valence-electron chi connectivity index (χ0n) is 9.52. The Morgan fingerprint density at radius 3 is 2.87 bits per heavy atom. The van der Waals surface area contributed by atoms with Crippen molar-refractivity contribution in [2.75, 3.05) is 26.7 Å². The zero-order valence-corrected chi connectivity index (χ0v) is 9.52. The van der Waals surface area contributed by atoms with E-state index in [2.05, 4.69) is 6.58 Å². The van der Waals surface area contributed by atoms with Crippen LogP contribution in [0.5, 0.6) is 0 Å². The quantitative estimate of drug-likeness (QED) is 0.674. The van der Waals surface area contributed by atoms with Crippen LogP contribution in [-0.4, -0.2) is 59.6 Å². The van der Waals surface area contributed by atoms with Crippen molar-refractivity contribution < 1.29 is 9.90 Å². The van der Waals surface area contributed by atoms with Gasteiger partial charge in [0.25, 0.3) is 0 Å². The lowest BCUT2D eigenvalue weighted by Crippen LogP contribution is -2.48. The summed E-state index contributed by atoms with van der Waals surface area (Å²) in [5.41, 5.74) is 0. The standard InChI is InChI=1S/C11H20N2O2/c1-4-6-13-7-5-9(2)12(3)11(15)10(13)8-14/h4,9-10,14H,1,5-8H2,2-3H3. The Morgan fingerprint density at radius 1 is 1.67 bits per heavy atom. The number of carbonyl (C=O) groups excluding carboxylic acids is 1. The second-order valence-electron chi connectivity index (χ2n) is 4.07. The molecule has 1 heterocycles. The highest BCUT2D eigenvalue weighted by Gasteiger charge is 2.32. The first kappa shape index (κ1) is 12.2. The Bertz CT molecular complexity index is 243. The van der Waals surface area contributed by atoms with Crippen LogP contribution in [0.15, 0.2) is 12.7 Å². The smallest absolute Gasteiger partial charge is 0.242 e. The SMILES string of the molecule is C=CCN1CCC(C)N(C)C(=O)C1CO. The molecule has 1 N–H and O–H groups in total. The van der Waals surface area contributed by atoms with Crippen LogP contribution in [0.4, 0.5) is 0 Å². The maximum absolute atomic E-state index is 12.0. The molecule has 2 unspecified atom stereocenters. The van der Waals surface area contributed by atoms with Crippen LogP contribution < -0.4 is 0 Å². The van der Waals surface area contributed by atoms with Crippen LogP contribution in [0.1, 0.15) is 13.3 Å². The molecule has 1 amide bonds. The number of rotatable bonds is 3. The maximum Gasteiger partial charge on any atom is 0.242 e. The zero-order chi connectivity index (χ0) is 11.4. The molecule has 1 saturated heterocycles. The third-order valence-electron chi connectivity index (χ3n) is 3.11. The molecule has 1 rings (SSSR count). The van der Waals surface area contributed by atoms with E-state index in [9.17, 15) is 9.90 Å². The van der Waals surface area contributed by atoms with E-state index < -0.39 is 6.04 Å². The summed E-state index contributed by atoms with van der Waals surface area (Å²) in [6.07, 6.45) is 2.71. The monoisotopic (exact) mass is 212 g/mol. The van der Waals surface area contributed by atoms with E-state index in [1.165, 1.54) is 0 Å². The van der Waals surface area contributed by atoms with E-state index in [4.69, 9.17) is 0 Å². The molecule has 1 aliphatic heterocycles. The molecule has 0 aromatic rings. The van der Waals surface area contributed by atoms with Crippen molar-refractivity contribution in [1.29, 1.82) is 0 Å². The second kappa shape index (κ2) is 5.28. The Hall–Kier alpha value is -0.870. The second-order valence-corrected chi connectivity index (χ2v) is 4.07. The molecule has 86 valence electrons. The number of aliphatic hydroxyl groups is 1. The Morgan fingerprint density at radius 2 is 2.33 bits per heavy atom. The van der Waals surface area contributed by atoms with Crippen molar-refractivity contribution in [2.45, 2.75) is 25.4 Å². The van der Waals surface area contributed by atoms with Crippen molar-refractivity contribution in [3.8, 4) is 0 Å². The third-order valence-corrected chi connectivity index (χ3v) is 3.11. The average Bonchev–Trinajstić information content (AvgIpc) is 2.32. The number of hydrogen-bond acceptors (Lipinski definition) is 3. The largest absolute Gasteiger partial charge is 0.394 e. The molecule has 15 heavy (non-hydrogen) atoms. The van der Waals surface area contributed by atoms with Crippen molar-refractivity contribution in [3.05, 3.63) is 12.7 Å². The molecule has 0 spiro atoms. The molecule has 0 aromatic carbocycles. The maximum atomic E-state index is 12.0. The van der Waals surface area contributed by atoms with Crippen LogP contribution >= 0.6 is 0 Å². The summed E-state index contributed by atoms with van der Waals surface area (Å²) in [5.74, 6) is 0.00403. The predicted octanol–water partition coefficient (Wildman–Crippen LogP) is 0.0859. The fourth-order valence-corrected chi connectivity index (χ4v) is 1.89. The van der Waals surface area contributed by atoms with Crippen LogP contribution in [0.2, 0.25) is 0 Å². The average molecular weight is 212 g/mol. The molecule has 0 saturated carbocycles. The van der Waals surface area contributed by atoms with Gasteiger partial charge in [0.2, 0.25) is 5.91 Å². The van der Waals surface area contributed by atoms with Gasteiger partial charge in [0.15, 0.2) is 0 Å². The number of aliphatic hydroxyl groups excluding tert-OH is 1. The highest BCUT2D eigenvalue weighted by atomic mass is 16.3. The molecule has 4 nitrogen and oxygen atoms in total. The molecular weight excluding hydrogens is 192 g/mol. The van der Waals surface area contributed by atoms with Crippen LogP contribution in [0.3, 0.4) is 0 Å². The molecular formula is C11H20N2O2. The summed E-state index contributed by atoms with van der Waals surface area (Å²) in [6, 6.07) is -0.167. The van der Waals surface area contributed by atoms with Crippen LogP contribution in [0.25, 0.3) is 0 Å². The minimum atomic E-state index is -0.405. The normalized spacial score (nSPS) is 29.0. The van der Waals surface area contributed by atoms with Gasteiger partial charge in [-0.2, -0.15) is 0 Å². The van der Waals surface area contributed by atoms with Gasteiger partial charge in [-0.25, -0.2) is 0 Å². The van der Waals surface area contributed by atoms with Crippen molar-refractivity contribution in [2.24, 2.45) is 0 Å². The summed E-state index contributed by atoms with van der Waals surface area (Å²) in [5, 5.41) is 9.26. The lowest BCUT2D eigenvalue weighted by molar-refractivity contribution is -0.136. The Kier molecular flexibility index (Phi) is 4.29. The van der Waals surface area contributed by atoms with Crippen molar-refractivity contribution >= 4 is 5.91 Å². The molecule has 0 bridgehead atoms. The highest BCUT2D eigenvalue weighted by Crippen LogP contribution is 2.14. The first-order valence-corrected chi connectivity index (χ1v) is 5.34. The number of likely N-dealkylation sites (N-methyl/N-ethyl adjacent to an activating group) is 1. The highest BCUT2D eigenvalue weighted by molar-refractivity contribution is 5.82. The van der Waals surface area contributed by atoms with Crippen LogP contribution in [-0.2, 0) is 4.79 Å². The topological polar surface area (TPSA) is 43.8 Å². The third kappa shape index (κ3) is 2.58. The minimum Gasteiger partial charge on any atom is -0.394 e. The molecule has 1 fully saturated rings. The van der Waals surface area contributed by atoms with E-state index in [1.807, 2.05) is 11.8 Å². The molecule has 0 aliphatic carbocycles. The summed E-state index contributed by atoms with van der Waals surface area (Å²) in [4.78, 5) is 15.7. The summed E-state index contributed by atoms with van der Waals surface area (Å²) in [6.45, 7) is 7.06. The minimum absolute atomic E-state index is 0.00403. The fourth-order valence-electron chi connectivity index (χ4n) is 1.89. The first-order valence-electron chi connectivity index (χ1n) is 5.34. The van der Waals surface area contributed by atoms with Crippen molar-refractivity contribution in [1.82, 2.24) is 9.80 Å². The molecule has 4 heteroatoms. The van der Waals surface area contributed by atoms with Gasteiger partial charge >= 0.3 is 0 Å². The van der Waals surface area contributed by atoms with Crippen LogP contribution in [0, 0.1) is 0 Å². The van der Waals surface area contributed by atoms with Gasteiger partial charge in [-0.05, 0) is 13.3 Å². The lowest BCUT2D eigenvalue weighted by Gasteiger charge is -2.27. The van der Waals surface area contributed by atoms with E-state index in [0.29, 0.717) is 6.54 Å². The van der Waals surface area contributed by atoms with Crippen molar-refractivity contribution in [3.63, 3.8) is 0 Å². The molecule has 0 radical (unpaired) electrons. The Balaban J connectivity index is 2.82. The van der Waals surface area contributed by atoms with Gasteiger partial charge in [0.1, 0.15) is 6.04 Å². The molecule has 1 aliphatic rings. The summed E-state index contributed by atoms with van der Waals surface area (Å²) >= 11 is 0. The number of amides is 1. The summed E-state index contributed by atoms with van der Waals surface area (Å²) < 4.78 is 0. The fraction of sp³-hybridized carbons (Fsp3) is 0.727. The number of hydrogen-bond donors (Lipinski definition) is 1. The van der Waals surface area contributed by atoms with Gasteiger partial charge in [-0.3, -0.25) is 9.69 Å². The number of nitrogens with zero attached hydrogens (tertiary/aromatic N) is 2. The lowest BCUT2D eigenvalue weighted by atomic mass is 10.2. The van der Waals surface area contributed by atoms with Gasteiger partial charge < -0.3 is 10.0 Å². The van der Waals surface area contributed by atoms with Gasteiger partial charge in [-0.1, -0.05) is 6.08 Å².